The number of benzene rings is 4. The molecule has 0 aliphatic heterocycles. The molecule has 0 unspecified atom stereocenters. The molecule has 5 heterocycles. The van der Waals surface area contributed by atoms with Crippen LogP contribution in [0.4, 0.5) is 0 Å². The fourth-order valence-electron chi connectivity index (χ4n) is 9.59. The van der Waals surface area contributed by atoms with E-state index in [0.29, 0.717) is 11.6 Å². The van der Waals surface area contributed by atoms with E-state index in [-0.39, 0.29) is 31.4 Å². The number of hydrogen-bond acceptors (Lipinski definition) is 5. The van der Waals surface area contributed by atoms with E-state index in [1.54, 1.807) is 0 Å². The zero-order chi connectivity index (χ0) is 46.3. The van der Waals surface area contributed by atoms with Gasteiger partial charge in [0.05, 0.1) is 28.6 Å². The fraction of sp³-hybridized carbons (Fsp3) is 0.322. The summed E-state index contributed by atoms with van der Waals surface area (Å²) in [6.45, 7) is 15.7. The Morgan fingerprint density at radius 1 is 0.746 bits per heavy atom. The summed E-state index contributed by atoms with van der Waals surface area (Å²) < 4.78 is 10.5. The molecule has 0 spiro atoms. The van der Waals surface area contributed by atoms with Gasteiger partial charge in [0, 0.05) is 42.6 Å². The van der Waals surface area contributed by atoms with Crippen LogP contribution in [0.25, 0.3) is 72.6 Å². The molecule has 345 valence electrons. The van der Waals surface area contributed by atoms with Crippen molar-refractivity contribution in [2.45, 2.75) is 115 Å². The summed E-state index contributed by atoms with van der Waals surface area (Å²) in [5, 5.41) is 2.06. The summed E-state index contributed by atoms with van der Waals surface area (Å²) in [7, 11) is 0. The van der Waals surface area contributed by atoms with Crippen LogP contribution >= 0.6 is 0 Å². The minimum atomic E-state index is -1.85. The smallest absolute Gasteiger partial charge is 0.216 e. The summed E-state index contributed by atoms with van der Waals surface area (Å²) in [6.07, 6.45) is 10.3. The van der Waals surface area contributed by atoms with Gasteiger partial charge in [-0.3, -0.25) is 9.97 Å². The van der Waals surface area contributed by atoms with E-state index in [1.165, 1.54) is 52.3 Å². The Bertz CT molecular complexity index is 3150. The van der Waals surface area contributed by atoms with Crippen molar-refractivity contribution in [3.05, 3.63) is 156 Å². The molecule has 67 heavy (non-hydrogen) atoms. The standard InChI is InChI=1S/C42H41N4O.C17H22GeN.Ir/c1-26(2)35-24-38-36(25-43-35)45-40(46(38)37-21-18-29(23-34(37)42(3,4)5)28-14-7-6-8-15-28)33-17-11-16-31-32-20-19-30(22-27-12-9-10-13-27)44-41(32)47-39(31)33;1-13(2)15-11-17(14-9-7-6-8-10-14)19-12-16(15)18(3,4)5;/h6-8,11,14-16,18-21,23-27H,9-10,12-13,22H2,1-5H3;6-9,11-13H,1-5H3;/q2*-1;. The monoisotopic (exact) mass is 1120 g/mol. The molecule has 1 aliphatic rings. The average molecular weight is 1120 g/mol. The second-order valence-electron chi connectivity index (χ2n) is 20.9. The first-order chi connectivity index (χ1) is 31.6. The summed E-state index contributed by atoms with van der Waals surface area (Å²) in [5.41, 5.74) is 14.5. The molecule has 0 saturated heterocycles. The number of hydrogen-bond donors (Lipinski definition) is 0. The van der Waals surface area contributed by atoms with Crippen molar-refractivity contribution in [2.75, 3.05) is 0 Å². The Morgan fingerprint density at radius 2 is 1.51 bits per heavy atom. The Hall–Kier alpha value is -5.21. The second-order valence-corrected chi connectivity index (χ2v) is 31.5. The largest absolute Gasteiger partial charge is 0.486 e. The van der Waals surface area contributed by atoms with E-state index in [4.69, 9.17) is 19.4 Å². The zero-order valence-corrected chi connectivity index (χ0v) is 45.3. The molecule has 8 heteroatoms. The van der Waals surface area contributed by atoms with Crippen molar-refractivity contribution < 1.29 is 24.5 Å². The van der Waals surface area contributed by atoms with Gasteiger partial charge >= 0.3 is 119 Å². The molecule has 9 aromatic rings. The van der Waals surface area contributed by atoms with Gasteiger partial charge in [-0.1, -0.05) is 108 Å². The zero-order valence-electron chi connectivity index (χ0n) is 40.8. The van der Waals surface area contributed by atoms with Crippen molar-refractivity contribution in [1.29, 1.82) is 0 Å². The van der Waals surface area contributed by atoms with Crippen molar-refractivity contribution in [2.24, 2.45) is 5.92 Å². The topological polar surface area (TPSA) is 69.6 Å². The predicted molar refractivity (Wildman–Crippen MR) is 278 cm³/mol. The van der Waals surface area contributed by atoms with Gasteiger partial charge in [0.2, 0.25) is 5.71 Å². The van der Waals surface area contributed by atoms with E-state index >= 15 is 0 Å². The van der Waals surface area contributed by atoms with Crippen LogP contribution in [0.3, 0.4) is 0 Å². The van der Waals surface area contributed by atoms with Gasteiger partial charge in [-0.15, -0.1) is 18.2 Å². The van der Waals surface area contributed by atoms with Gasteiger partial charge in [-0.25, -0.2) is 4.98 Å². The third-order valence-electron chi connectivity index (χ3n) is 13.2. The Labute approximate surface area is 413 Å². The van der Waals surface area contributed by atoms with E-state index in [0.717, 1.165) is 79.4 Å². The molecule has 1 fully saturated rings. The first kappa shape index (κ1) is 48.3. The van der Waals surface area contributed by atoms with Crippen LogP contribution in [0.15, 0.2) is 126 Å². The summed E-state index contributed by atoms with van der Waals surface area (Å²) in [6, 6.07) is 45.2. The molecule has 0 amide bonds. The second kappa shape index (κ2) is 19.8. The molecule has 5 aromatic heterocycles. The van der Waals surface area contributed by atoms with Crippen LogP contribution in [0, 0.1) is 18.1 Å². The summed E-state index contributed by atoms with van der Waals surface area (Å²) in [5.74, 6) is 9.62. The Morgan fingerprint density at radius 3 is 2.19 bits per heavy atom. The molecular formula is C59H63GeIrN5O-2. The van der Waals surface area contributed by atoms with Crippen molar-refractivity contribution in [1.82, 2.24) is 24.5 Å². The minimum Gasteiger partial charge on any atom is -0.486 e. The van der Waals surface area contributed by atoms with Gasteiger partial charge in [0.15, 0.2) is 0 Å². The van der Waals surface area contributed by atoms with Crippen molar-refractivity contribution >= 4 is 50.8 Å². The number of rotatable bonds is 9. The van der Waals surface area contributed by atoms with Crippen molar-refractivity contribution in [3.63, 3.8) is 0 Å². The van der Waals surface area contributed by atoms with E-state index in [1.807, 2.05) is 30.5 Å². The third kappa shape index (κ3) is 10.2. The molecule has 0 bridgehead atoms. The maximum Gasteiger partial charge on any atom is 0.216 e. The van der Waals surface area contributed by atoms with Gasteiger partial charge < -0.3 is 8.98 Å². The van der Waals surface area contributed by atoms with Crippen LogP contribution in [0.5, 0.6) is 0 Å². The maximum atomic E-state index is 6.66. The minimum absolute atomic E-state index is 0. The van der Waals surface area contributed by atoms with Crippen LogP contribution in [-0.4, -0.2) is 37.8 Å². The first-order valence-corrected chi connectivity index (χ1v) is 31.3. The molecule has 0 atom stereocenters. The Balaban J connectivity index is 0.000000256. The molecule has 1 saturated carbocycles. The molecule has 4 aromatic carbocycles. The van der Waals surface area contributed by atoms with Gasteiger partial charge in [0.25, 0.3) is 0 Å². The number of pyridine rings is 3. The molecule has 1 radical (unpaired) electrons. The predicted octanol–water partition coefficient (Wildman–Crippen LogP) is 15.2. The summed E-state index contributed by atoms with van der Waals surface area (Å²) in [4.78, 5) is 19.8. The fourth-order valence-corrected chi connectivity index (χ4v) is 13.1. The number of furan rings is 1. The van der Waals surface area contributed by atoms with Gasteiger partial charge in [-0.2, -0.15) is 0 Å². The molecule has 0 N–H and O–H groups in total. The van der Waals surface area contributed by atoms with E-state index in [9.17, 15) is 0 Å². The normalized spacial score (nSPS) is 13.4. The van der Waals surface area contributed by atoms with Crippen LogP contribution < -0.4 is 4.40 Å². The number of imidazole rings is 1. The first-order valence-electron chi connectivity index (χ1n) is 23.9. The number of nitrogens with zero attached hydrogens (tertiary/aromatic N) is 5. The van der Waals surface area contributed by atoms with Crippen LogP contribution in [-0.2, 0) is 31.9 Å². The molecular weight excluding hydrogens is 1060 g/mol. The molecule has 10 rings (SSSR count). The Kier molecular flexibility index (Phi) is 14.3. The van der Waals surface area contributed by atoms with Crippen LogP contribution in [0.1, 0.15) is 109 Å². The van der Waals surface area contributed by atoms with E-state index < -0.39 is 13.3 Å². The molecule has 1 aliphatic carbocycles. The quantitative estimate of drug-likeness (QED) is 0.106. The van der Waals surface area contributed by atoms with Crippen molar-refractivity contribution in [3.8, 4) is 39.5 Å². The SMILES string of the molecule is CC(C)c1cc(-c2[c-]cccc2)nc[c]1[Ge]([CH3])([CH3])[CH3].CC(C)c1cc2c(cn1)nc(-c1[c-]ccc3c1oc1nc(CC4CCCC4)ccc13)n2-c1ccc(-c2ccccc2)cc1C(C)(C)C.[Ir]. The van der Waals surface area contributed by atoms with Gasteiger partial charge in [0.1, 0.15) is 0 Å². The van der Waals surface area contributed by atoms with Gasteiger partial charge in [-0.05, 0) is 70.7 Å². The number of aromatic nitrogens is 5. The average Bonchev–Trinajstić information content (AvgIpc) is 4.06. The third-order valence-corrected chi connectivity index (χ3v) is 17.5. The number of fused-ring (bicyclic) bond motifs is 4. The molecule has 6 nitrogen and oxygen atoms in total. The van der Waals surface area contributed by atoms with E-state index in [2.05, 4.69) is 179 Å². The maximum absolute atomic E-state index is 6.66. The summed E-state index contributed by atoms with van der Waals surface area (Å²) >= 11 is -1.85. The van der Waals surface area contributed by atoms with Crippen LogP contribution in [0.2, 0.25) is 17.3 Å².